The molecule has 2 heterocycles. The Morgan fingerprint density at radius 1 is 1.16 bits per heavy atom. The molecule has 1 aromatic carbocycles. The zero-order valence-corrected chi connectivity index (χ0v) is 18.7. The summed E-state index contributed by atoms with van der Waals surface area (Å²) >= 11 is 1.56. The second-order valence-electron chi connectivity index (χ2n) is 8.36. The van der Waals surface area contributed by atoms with Gasteiger partial charge in [-0.15, -0.1) is 11.3 Å². The van der Waals surface area contributed by atoms with Gasteiger partial charge < -0.3 is 14.6 Å². The molecule has 4 rings (SSSR count). The summed E-state index contributed by atoms with van der Waals surface area (Å²) in [6.07, 6.45) is 2.26. The molecule has 2 aromatic rings. The molecule has 1 aliphatic carbocycles. The molecule has 1 aliphatic heterocycles. The minimum Gasteiger partial charge on any atom is -0.504 e. The fraction of sp³-hybridized carbons (Fsp3) is 0.440. The molecule has 1 fully saturated rings. The molecule has 164 valence electrons. The Kier molecular flexibility index (Phi) is 6.58. The van der Waals surface area contributed by atoms with E-state index in [0.717, 1.165) is 28.2 Å². The summed E-state index contributed by atoms with van der Waals surface area (Å²) in [4.78, 5) is 28.3. The summed E-state index contributed by atoms with van der Waals surface area (Å²) in [5.74, 6) is -1.69. The third-order valence-corrected chi connectivity index (χ3v) is 7.32. The molecule has 0 saturated heterocycles. The van der Waals surface area contributed by atoms with E-state index >= 15 is 0 Å². The number of aliphatic hydroxyl groups is 1. The lowest BCUT2D eigenvalue weighted by Gasteiger charge is -2.31. The van der Waals surface area contributed by atoms with E-state index in [9.17, 15) is 14.7 Å². The highest BCUT2D eigenvalue weighted by Crippen LogP contribution is 2.50. The summed E-state index contributed by atoms with van der Waals surface area (Å²) in [7, 11) is 1.64. The zero-order valence-electron chi connectivity index (χ0n) is 17.9. The maximum Gasteiger partial charge on any atom is 0.339 e. The molecule has 3 unspecified atom stereocenters. The van der Waals surface area contributed by atoms with Crippen LogP contribution in [-0.4, -0.2) is 30.1 Å². The summed E-state index contributed by atoms with van der Waals surface area (Å²) in [6.45, 7) is 2.47. The van der Waals surface area contributed by atoms with Gasteiger partial charge in [0.15, 0.2) is 11.9 Å². The SMILES string of the molecule is CCC(Cc1ccccc1)C1OC(=O)C(C(c2ccc(COC)s2)C2CC2)=C(O)C1=O. The minimum atomic E-state index is -0.950. The van der Waals surface area contributed by atoms with Crippen molar-refractivity contribution in [1.82, 2.24) is 0 Å². The number of benzene rings is 1. The number of ether oxygens (including phenoxy) is 2. The Hall–Kier alpha value is -2.44. The number of esters is 1. The third-order valence-electron chi connectivity index (χ3n) is 6.17. The summed E-state index contributed by atoms with van der Waals surface area (Å²) in [5, 5.41) is 10.9. The molecule has 1 aromatic heterocycles. The van der Waals surface area contributed by atoms with Gasteiger partial charge in [-0.1, -0.05) is 37.3 Å². The van der Waals surface area contributed by atoms with Crippen LogP contribution in [0.4, 0.5) is 0 Å². The van der Waals surface area contributed by atoms with Crippen LogP contribution in [0.2, 0.25) is 0 Å². The normalized spacial score (nSPS) is 21.2. The number of thiophene rings is 1. The van der Waals surface area contributed by atoms with Crippen molar-refractivity contribution in [2.45, 2.75) is 51.2 Å². The second-order valence-corrected chi connectivity index (χ2v) is 9.56. The molecule has 31 heavy (non-hydrogen) atoms. The molecule has 0 bridgehead atoms. The minimum absolute atomic E-state index is 0.129. The van der Waals surface area contributed by atoms with Crippen molar-refractivity contribution in [2.75, 3.05) is 7.11 Å². The highest BCUT2D eigenvalue weighted by molar-refractivity contribution is 7.12. The van der Waals surface area contributed by atoms with Crippen molar-refractivity contribution in [2.24, 2.45) is 11.8 Å². The van der Waals surface area contributed by atoms with Crippen LogP contribution in [0.5, 0.6) is 0 Å². The third kappa shape index (κ3) is 4.60. The van der Waals surface area contributed by atoms with Gasteiger partial charge >= 0.3 is 5.97 Å². The van der Waals surface area contributed by atoms with E-state index < -0.39 is 23.6 Å². The monoisotopic (exact) mass is 440 g/mol. The first-order valence-corrected chi connectivity index (χ1v) is 11.6. The van der Waals surface area contributed by atoms with Gasteiger partial charge in [-0.25, -0.2) is 4.79 Å². The Morgan fingerprint density at radius 3 is 2.55 bits per heavy atom. The number of methoxy groups -OCH3 is 1. The number of hydrogen-bond donors (Lipinski definition) is 1. The standard InChI is InChI=1S/C25H28O5S/c1-3-16(13-15-7-5-4-6-8-15)24-23(27)22(26)21(25(28)30-24)20(17-9-10-17)19-12-11-18(31-19)14-29-2/h4-8,11-12,16-17,20,24,26H,3,9-10,13-14H2,1-2H3. The largest absolute Gasteiger partial charge is 0.504 e. The lowest BCUT2D eigenvalue weighted by atomic mass is 9.83. The van der Waals surface area contributed by atoms with E-state index in [1.807, 2.05) is 49.4 Å². The van der Waals surface area contributed by atoms with E-state index in [1.165, 1.54) is 0 Å². The van der Waals surface area contributed by atoms with Gasteiger partial charge in [0.25, 0.3) is 0 Å². The van der Waals surface area contributed by atoms with Gasteiger partial charge in [0.2, 0.25) is 5.78 Å². The molecule has 0 spiro atoms. The predicted octanol–water partition coefficient (Wildman–Crippen LogP) is 4.96. The molecule has 0 radical (unpaired) electrons. The molecule has 1 N–H and O–H groups in total. The van der Waals surface area contributed by atoms with Crippen molar-refractivity contribution in [3.05, 3.63) is 69.1 Å². The topological polar surface area (TPSA) is 72.8 Å². The van der Waals surface area contributed by atoms with Crippen molar-refractivity contribution in [3.8, 4) is 0 Å². The van der Waals surface area contributed by atoms with Crippen LogP contribution in [0.1, 0.15) is 47.4 Å². The average Bonchev–Trinajstić information content (AvgIpc) is 3.51. The highest BCUT2D eigenvalue weighted by atomic mass is 32.1. The molecule has 6 heteroatoms. The quantitative estimate of drug-likeness (QED) is 0.558. The van der Waals surface area contributed by atoms with E-state index in [4.69, 9.17) is 9.47 Å². The molecular weight excluding hydrogens is 412 g/mol. The van der Waals surface area contributed by atoms with Gasteiger partial charge in [0.1, 0.15) is 0 Å². The number of aliphatic hydroxyl groups excluding tert-OH is 1. The first-order chi connectivity index (χ1) is 15.0. The van der Waals surface area contributed by atoms with Crippen molar-refractivity contribution < 1.29 is 24.2 Å². The molecule has 0 amide bonds. The summed E-state index contributed by atoms with van der Waals surface area (Å²) < 4.78 is 10.9. The van der Waals surface area contributed by atoms with E-state index in [-0.39, 0.29) is 23.3 Å². The fourth-order valence-electron chi connectivity index (χ4n) is 4.38. The number of hydrogen-bond acceptors (Lipinski definition) is 6. The van der Waals surface area contributed by atoms with E-state index in [0.29, 0.717) is 19.4 Å². The number of rotatable bonds is 9. The molecule has 1 saturated carbocycles. The highest BCUT2D eigenvalue weighted by Gasteiger charge is 2.47. The Balaban J connectivity index is 1.62. The van der Waals surface area contributed by atoms with Gasteiger partial charge in [0, 0.05) is 28.7 Å². The smallest absolute Gasteiger partial charge is 0.339 e. The first kappa shape index (κ1) is 21.8. The Morgan fingerprint density at radius 2 is 1.90 bits per heavy atom. The second kappa shape index (κ2) is 9.37. The maximum atomic E-state index is 13.2. The number of cyclic esters (lactones) is 1. The van der Waals surface area contributed by atoms with Crippen LogP contribution < -0.4 is 0 Å². The number of ketones is 1. The van der Waals surface area contributed by atoms with Gasteiger partial charge in [0.05, 0.1) is 12.2 Å². The predicted molar refractivity (Wildman–Crippen MR) is 119 cm³/mol. The summed E-state index contributed by atoms with van der Waals surface area (Å²) in [5.41, 5.74) is 1.21. The van der Waals surface area contributed by atoms with Crippen LogP contribution in [0.25, 0.3) is 0 Å². The Bertz CT molecular complexity index is 973. The summed E-state index contributed by atoms with van der Waals surface area (Å²) in [6, 6.07) is 13.8. The lowest BCUT2D eigenvalue weighted by Crippen LogP contribution is -2.42. The molecule has 5 nitrogen and oxygen atoms in total. The number of carbonyl (C=O) groups is 2. The van der Waals surface area contributed by atoms with Crippen molar-refractivity contribution >= 4 is 23.1 Å². The van der Waals surface area contributed by atoms with Crippen molar-refractivity contribution in [3.63, 3.8) is 0 Å². The van der Waals surface area contributed by atoms with Crippen LogP contribution in [0.15, 0.2) is 53.8 Å². The number of Topliss-reactive ketones (excluding diaryl/α,β-unsaturated/α-hetero) is 1. The molecular formula is C25H28O5S. The lowest BCUT2D eigenvalue weighted by molar-refractivity contribution is -0.158. The van der Waals surface area contributed by atoms with Crippen LogP contribution in [0.3, 0.4) is 0 Å². The Labute approximate surface area is 186 Å². The average molecular weight is 441 g/mol. The maximum absolute atomic E-state index is 13.2. The van der Waals surface area contributed by atoms with Crippen molar-refractivity contribution in [1.29, 1.82) is 0 Å². The first-order valence-electron chi connectivity index (χ1n) is 10.8. The number of carbonyl (C=O) groups excluding carboxylic acids is 2. The van der Waals surface area contributed by atoms with Gasteiger partial charge in [-0.3, -0.25) is 4.79 Å². The van der Waals surface area contributed by atoms with Crippen LogP contribution in [0, 0.1) is 11.8 Å². The van der Waals surface area contributed by atoms with Crippen LogP contribution >= 0.6 is 11.3 Å². The van der Waals surface area contributed by atoms with E-state index in [2.05, 4.69) is 0 Å². The van der Waals surface area contributed by atoms with Crippen LogP contribution in [-0.2, 0) is 32.1 Å². The molecule has 3 atom stereocenters. The van der Waals surface area contributed by atoms with E-state index in [1.54, 1.807) is 18.4 Å². The molecule has 2 aliphatic rings. The fourth-order valence-corrected chi connectivity index (χ4v) is 5.57. The van der Waals surface area contributed by atoms with Gasteiger partial charge in [-0.05, 0) is 49.3 Å². The zero-order chi connectivity index (χ0) is 22.0. The van der Waals surface area contributed by atoms with Gasteiger partial charge in [-0.2, -0.15) is 0 Å².